The Morgan fingerprint density at radius 3 is 2.84 bits per heavy atom. The van der Waals surface area contributed by atoms with Gasteiger partial charge in [-0.1, -0.05) is 0 Å². The van der Waals surface area contributed by atoms with Crippen molar-refractivity contribution in [2.24, 2.45) is 5.92 Å². The average Bonchev–Trinajstić information content (AvgIpc) is 2.98. The van der Waals surface area contributed by atoms with Crippen LogP contribution in [0.25, 0.3) is 0 Å². The lowest BCUT2D eigenvalue weighted by molar-refractivity contribution is -0.141. The number of amides is 2. The maximum atomic E-state index is 11.9. The average molecular weight is 272 g/mol. The Labute approximate surface area is 111 Å². The van der Waals surface area contributed by atoms with E-state index in [9.17, 15) is 14.7 Å². The minimum absolute atomic E-state index is 0.0787. The maximum Gasteiger partial charge on any atom is 0.326 e. The number of aliphatic carboxylic acids is 1. The molecule has 0 radical (unpaired) electrons. The molecule has 2 aliphatic rings. The highest BCUT2D eigenvalue weighted by molar-refractivity contribution is 5.83. The second-order valence-electron chi connectivity index (χ2n) is 5.15. The Hall–Kier alpha value is -1.34. The quantitative estimate of drug-likeness (QED) is 0.649. The zero-order valence-corrected chi connectivity index (χ0v) is 10.7. The number of ether oxygens (including phenoxy) is 1. The van der Waals surface area contributed by atoms with Gasteiger partial charge in [0, 0.05) is 32.7 Å². The monoisotopic (exact) mass is 272 g/mol. The van der Waals surface area contributed by atoms with Gasteiger partial charge in [0.15, 0.2) is 0 Å². The Balaban J connectivity index is 1.76. The number of β-amino-alcohol motifs (C(OH)–C–C–N with tert-alkyl or cyclic N) is 1. The number of carbonyl (C=O) groups is 2. The SMILES string of the molecule is O=C(O)[C@@H]1C[C@H](O)CN1C(=O)NCCC1CCOC1. The molecule has 3 N–H and O–H groups in total. The van der Waals surface area contributed by atoms with Crippen LogP contribution in [-0.4, -0.2) is 65.6 Å². The summed E-state index contributed by atoms with van der Waals surface area (Å²) in [7, 11) is 0. The summed E-state index contributed by atoms with van der Waals surface area (Å²) < 4.78 is 5.24. The molecule has 0 spiro atoms. The normalized spacial score (nSPS) is 30.6. The first kappa shape index (κ1) is 14.1. The molecule has 0 aromatic heterocycles. The van der Waals surface area contributed by atoms with Crippen molar-refractivity contribution in [2.45, 2.75) is 31.4 Å². The number of urea groups is 1. The highest BCUT2D eigenvalue weighted by Crippen LogP contribution is 2.19. The molecule has 1 unspecified atom stereocenters. The highest BCUT2D eigenvalue weighted by Gasteiger charge is 2.38. The largest absolute Gasteiger partial charge is 0.480 e. The van der Waals surface area contributed by atoms with E-state index in [1.54, 1.807) is 0 Å². The Morgan fingerprint density at radius 2 is 2.21 bits per heavy atom. The third-order valence-corrected chi connectivity index (χ3v) is 3.68. The van der Waals surface area contributed by atoms with E-state index in [0.717, 1.165) is 26.1 Å². The van der Waals surface area contributed by atoms with Crippen molar-refractivity contribution >= 4 is 12.0 Å². The van der Waals surface area contributed by atoms with Crippen molar-refractivity contribution in [3.63, 3.8) is 0 Å². The van der Waals surface area contributed by atoms with Gasteiger partial charge in [-0.3, -0.25) is 0 Å². The number of nitrogens with one attached hydrogen (secondary N) is 1. The number of aliphatic hydroxyl groups excluding tert-OH is 1. The second kappa shape index (κ2) is 6.21. The number of aliphatic hydroxyl groups is 1. The molecule has 2 saturated heterocycles. The van der Waals surface area contributed by atoms with Crippen molar-refractivity contribution in [3.05, 3.63) is 0 Å². The van der Waals surface area contributed by atoms with Crippen LogP contribution in [0.2, 0.25) is 0 Å². The molecule has 0 saturated carbocycles. The summed E-state index contributed by atoms with van der Waals surface area (Å²) in [6, 6.07) is -1.34. The van der Waals surface area contributed by atoms with Crippen LogP contribution in [-0.2, 0) is 9.53 Å². The molecule has 0 aromatic carbocycles. The molecule has 2 rings (SSSR count). The molecule has 108 valence electrons. The van der Waals surface area contributed by atoms with Crippen LogP contribution in [0.5, 0.6) is 0 Å². The third-order valence-electron chi connectivity index (χ3n) is 3.68. The standard InChI is InChI=1S/C12H20N2O5/c15-9-5-10(11(16)17)14(6-9)12(18)13-3-1-8-2-4-19-7-8/h8-10,15H,1-7H2,(H,13,18)(H,16,17)/t8?,9-,10-/m0/s1. The highest BCUT2D eigenvalue weighted by atomic mass is 16.5. The van der Waals surface area contributed by atoms with Crippen LogP contribution >= 0.6 is 0 Å². The van der Waals surface area contributed by atoms with Gasteiger partial charge in [-0.2, -0.15) is 0 Å². The van der Waals surface area contributed by atoms with E-state index in [4.69, 9.17) is 9.84 Å². The molecular weight excluding hydrogens is 252 g/mol. The summed E-state index contributed by atoms with van der Waals surface area (Å²) in [4.78, 5) is 24.1. The van der Waals surface area contributed by atoms with Gasteiger partial charge in [0.2, 0.25) is 0 Å². The number of carboxylic acids is 1. The number of likely N-dealkylation sites (tertiary alicyclic amines) is 1. The topological polar surface area (TPSA) is 99.1 Å². The van der Waals surface area contributed by atoms with Gasteiger partial charge in [0.25, 0.3) is 0 Å². The summed E-state index contributed by atoms with van der Waals surface area (Å²) in [5.41, 5.74) is 0. The number of carbonyl (C=O) groups excluding carboxylic acids is 1. The number of hydrogen-bond donors (Lipinski definition) is 3. The van der Waals surface area contributed by atoms with Crippen LogP contribution in [0.1, 0.15) is 19.3 Å². The van der Waals surface area contributed by atoms with E-state index >= 15 is 0 Å². The summed E-state index contributed by atoms with van der Waals surface area (Å²) in [6.07, 6.45) is 1.19. The van der Waals surface area contributed by atoms with Crippen LogP contribution in [0.15, 0.2) is 0 Å². The van der Waals surface area contributed by atoms with E-state index in [2.05, 4.69) is 5.32 Å². The molecule has 2 heterocycles. The van der Waals surface area contributed by atoms with E-state index in [0.29, 0.717) is 12.5 Å². The molecule has 7 nitrogen and oxygen atoms in total. The number of carboxylic acid groups (broad SMARTS) is 1. The van der Waals surface area contributed by atoms with E-state index in [-0.39, 0.29) is 13.0 Å². The van der Waals surface area contributed by atoms with Crippen molar-refractivity contribution in [1.82, 2.24) is 10.2 Å². The minimum Gasteiger partial charge on any atom is -0.480 e. The van der Waals surface area contributed by atoms with Crippen molar-refractivity contribution in [2.75, 3.05) is 26.3 Å². The molecule has 19 heavy (non-hydrogen) atoms. The maximum absolute atomic E-state index is 11.9. The fourth-order valence-corrected chi connectivity index (χ4v) is 2.57. The molecule has 2 aliphatic heterocycles. The molecule has 7 heteroatoms. The zero-order chi connectivity index (χ0) is 13.8. The molecule has 2 amide bonds. The Morgan fingerprint density at radius 1 is 1.42 bits per heavy atom. The molecule has 3 atom stereocenters. The Bertz CT molecular complexity index is 343. The van der Waals surface area contributed by atoms with Gasteiger partial charge < -0.3 is 25.2 Å². The fraction of sp³-hybridized carbons (Fsp3) is 0.833. The van der Waals surface area contributed by atoms with Gasteiger partial charge in [0.05, 0.1) is 6.10 Å². The summed E-state index contributed by atoms with van der Waals surface area (Å²) in [6.45, 7) is 2.09. The van der Waals surface area contributed by atoms with Crippen LogP contribution in [0, 0.1) is 5.92 Å². The number of nitrogens with zero attached hydrogens (tertiary/aromatic N) is 1. The zero-order valence-electron chi connectivity index (χ0n) is 10.7. The van der Waals surface area contributed by atoms with Crippen molar-refractivity contribution in [3.8, 4) is 0 Å². The lowest BCUT2D eigenvalue weighted by Gasteiger charge is -2.21. The minimum atomic E-state index is -1.07. The first-order valence-corrected chi connectivity index (χ1v) is 6.61. The lowest BCUT2D eigenvalue weighted by Crippen LogP contribution is -2.46. The van der Waals surface area contributed by atoms with Crippen molar-refractivity contribution < 1.29 is 24.5 Å². The van der Waals surface area contributed by atoms with Crippen LogP contribution in [0.3, 0.4) is 0 Å². The number of rotatable bonds is 4. The molecule has 0 bridgehead atoms. The second-order valence-corrected chi connectivity index (χ2v) is 5.15. The van der Waals surface area contributed by atoms with E-state index in [1.807, 2.05) is 0 Å². The van der Waals surface area contributed by atoms with Gasteiger partial charge in [-0.05, 0) is 18.8 Å². The fourth-order valence-electron chi connectivity index (χ4n) is 2.57. The first-order valence-electron chi connectivity index (χ1n) is 6.61. The predicted molar refractivity (Wildman–Crippen MR) is 65.7 cm³/mol. The van der Waals surface area contributed by atoms with Crippen molar-refractivity contribution in [1.29, 1.82) is 0 Å². The molecule has 0 aromatic rings. The van der Waals surface area contributed by atoms with Gasteiger partial charge in [0.1, 0.15) is 6.04 Å². The molecule has 0 aliphatic carbocycles. The first-order chi connectivity index (χ1) is 9.08. The third kappa shape index (κ3) is 3.57. The lowest BCUT2D eigenvalue weighted by atomic mass is 10.1. The summed E-state index contributed by atoms with van der Waals surface area (Å²) in [5.74, 6) is -0.601. The summed E-state index contributed by atoms with van der Waals surface area (Å²) >= 11 is 0. The van der Waals surface area contributed by atoms with Crippen LogP contribution in [0.4, 0.5) is 4.79 Å². The molecular formula is C12H20N2O5. The number of hydrogen-bond acceptors (Lipinski definition) is 4. The predicted octanol–water partition coefficient (Wildman–Crippen LogP) is -0.358. The van der Waals surface area contributed by atoms with Gasteiger partial charge >= 0.3 is 12.0 Å². The van der Waals surface area contributed by atoms with Gasteiger partial charge in [-0.25, -0.2) is 9.59 Å². The van der Waals surface area contributed by atoms with E-state index < -0.39 is 24.1 Å². The smallest absolute Gasteiger partial charge is 0.326 e. The Kier molecular flexibility index (Phi) is 4.60. The molecule has 2 fully saturated rings. The van der Waals surface area contributed by atoms with Gasteiger partial charge in [-0.15, -0.1) is 0 Å². The van der Waals surface area contributed by atoms with E-state index in [1.165, 1.54) is 4.90 Å². The summed E-state index contributed by atoms with van der Waals surface area (Å²) in [5, 5.41) is 21.2. The van der Waals surface area contributed by atoms with Crippen LogP contribution < -0.4 is 5.32 Å².